The van der Waals surface area contributed by atoms with E-state index in [2.05, 4.69) is 21.6 Å². The van der Waals surface area contributed by atoms with E-state index in [-0.39, 0.29) is 28.6 Å². The van der Waals surface area contributed by atoms with E-state index >= 15 is 0 Å². The van der Waals surface area contributed by atoms with Crippen molar-refractivity contribution in [3.63, 3.8) is 0 Å². The molecule has 3 aromatic rings. The van der Waals surface area contributed by atoms with Crippen molar-refractivity contribution in [2.24, 2.45) is 5.73 Å². The van der Waals surface area contributed by atoms with Crippen LogP contribution in [-0.4, -0.2) is 34.2 Å². The molecule has 1 aliphatic carbocycles. The summed E-state index contributed by atoms with van der Waals surface area (Å²) in [4.78, 5) is 27.3. The number of thioether (sulfide) groups is 1. The average molecular weight is 577 g/mol. The zero-order chi connectivity index (χ0) is 28.2. The highest BCUT2D eigenvalue weighted by molar-refractivity contribution is 8.01. The third-order valence-corrected chi connectivity index (χ3v) is 8.54. The Balaban J connectivity index is 1.42. The fourth-order valence-electron chi connectivity index (χ4n) is 4.79. The van der Waals surface area contributed by atoms with Crippen molar-refractivity contribution in [2.45, 2.75) is 36.4 Å². The van der Waals surface area contributed by atoms with Crippen LogP contribution in [0.1, 0.15) is 37.7 Å². The number of amides is 1. The number of rotatable bonds is 8. The van der Waals surface area contributed by atoms with Crippen LogP contribution in [0.15, 0.2) is 75.5 Å². The zero-order valence-corrected chi connectivity index (χ0v) is 23.2. The number of Topliss-reactive ketones (excluding diaryl/α,β-unsaturated/α-hetero) is 1. The number of hydrogen-bond acceptors (Lipinski definition) is 10. The quantitative estimate of drug-likeness (QED) is 0.351. The molecule has 0 saturated carbocycles. The number of nitrogens with zero attached hydrogens (tertiary/aromatic N) is 4. The highest BCUT2D eigenvalue weighted by Crippen LogP contribution is 2.47. The minimum atomic E-state index is -0.594. The fourth-order valence-corrected chi connectivity index (χ4v) is 6.47. The minimum Gasteiger partial charge on any atom is -0.494 e. The molecule has 1 aliphatic heterocycles. The molecule has 0 saturated heterocycles. The Hall–Kier alpha value is -4.21. The van der Waals surface area contributed by atoms with Crippen LogP contribution in [-0.2, 0) is 9.59 Å². The lowest BCUT2D eigenvalue weighted by atomic mass is 9.76. The number of hydrogen-bond donors (Lipinski definition) is 2. The van der Waals surface area contributed by atoms with E-state index in [0.717, 1.165) is 17.3 Å². The zero-order valence-electron chi connectivity index (χ0n) is 21.5. The van der Waals surface area contributed by atoms with E-state index in [9.17, 15) is 19.2 Å². The van der Waals surface area contributed by atoms with Gasteiger partial charge in [-0.25, -0.2) is 4.39 Å². The van der Waals surface area contributed by atoms with E-state index < -0.39 is 17.6 Å². The maximum absolute atomic E-state index is 13.8. The second-order valence-electron chi connectivity index (χ2n) is 8.99. The molecule has 1 aromatic heterocycles. The number of carbonyl (C=O) groups excluding carboxylic acids is 2. The Bertz CT molecular complexity index is 1560. The summed E-state index contributed by atoms with van der Waals surface area (Å²) in [7, 11) is 0. The van der Waals surface area contributed by atoms with Crippen molar-refractivity contribution in [1.82, 2.24) is 10.2 Å². The van der Waals surface area contributed by atoms with Gasteiger partial charge in [-0.3, -0.25) is 14.5 Å². The second kappa shape index (κ2) is 11.9. The van der Waals surface area contributed by atoms with Gasteiger partial charge in [-0.2, -0.15) is 5.26 Å². The number of ketones is 1. The normalized spacial score (nSPS) is 17.0. The summed E-state index contributed by atoms with van der Waals surface area (Å²) in [5.74, 6) is -0.654. The maximum Gasteiger partial charge on any atom is 0.234 e. The number of halogens is 1. The molecule has 3 N–H and O–H groups in total. The Kier molecular flexibility index (Phi) is 8.14. The summed E-state index contributed by atoms with van der Waals surface area (Å²) < 4.78 is 19.9. The Morgan fingerprint density at radius 2 is 2.02 bits per heavy atom. The van der Waals surface area contributed by atoms with Crippen molar-refractivity contribution >= 4 is 45.6 Å². The summed E-state index contributed by atoms with van der Waals surface area (Å²) >= 11 is 2.34. The summed E-state index contributed by atoms with van der Waals surface area (Å²) in [6.07, 6.45) is 1.62. The van der Waals surface area contributed by atoms with Gasteiger partial charge in [-0.1, -0.05) is 47.4 Å². The van der Waals surface area contributed by atoms with Gasteiger partial charge in [0, 0.05) is 17.7 Å². The van der Waals surface area contributed by atoms with Crippen molar-refractivity contribution in [3.05, 3.63) is 82.6 Å². The molecule has 40 heavy (non-hydrogen) atoms. The summed E-state index contributed by atoms with van der Waals surface area (Å²) in [6, 6.07) is 15.5. The molecule has 0 spiro atoms. The summed E-state index contributed by atoms with van der Waals surface area (Å²) in [5.41, 5.74) is 8.98. The van der Waals surface area contributed by atoms with Crippen LogP contribution in [0, 0.1) is 17.1 Å². The molecule has 2 aliphatic rings. The van der Waals surface area contributed by atoms with Crippen molar-refractivity contribution in [2.75, 3.05) is 22.6 Å². The molecule has 0 bridgehead atoms. The Labute approximate surface area is 238 Å². The second-order valence-corrected chi connectivity index (χ2v) is 11.2. The maximum atomic E-state index is 13.8. The number of benzene rings is 2. The van der Waals surface area contributed by atoms with Crippen LogP contribution in [0.2, 0.25) is 0 Å². The predicted molar refractivity (Wildman–Crippen MR) is 151 cm³/mol. The number of anilines is 2. The van der Waals surface area contributed by atoms with Gasteiger partial charge in [0.05, 0.1) is 35.6 Å². The molecule has 2 aromatic carbocycles. The van der Waals surface area contributed by atoms with Crippen LogP contribution >= 0.6 is 23.1 Å². The lowest BCUT2D eigenvalue weighted by Crippen LogP contribution is -2.38. The molecular weight excluding hydrogens is 551 g/mol. The Morgan fingerprint density at radius 3 is 2.75 bits per heavy atom. The molecule has 1 amide bonds. The lowest BCUT2D eigenvalue weighted by Gasteiger charge is -2.38. The molecule has 2 heterocycles. The molecule has 5 rings (SSSR count). The van der Waals surface area contributed by atoms with Crippen LogP contribution in [0.4, 0.5) is 15.2 Å². The van der Waals surface area contributed by atoms with E-state index in [0.29, 0.717) is 52.4 Å². The third kappa shape index (κ3) is 5.43. The van der Waals surface area contributed by atoms with E-state index in [1.807, 2.05) is 31.2 Å². The molecule has 12 heteroatoms. The van der Waals surface area contributed by atoms with Crippen LogP contribution < -0.4 is 20.7 Å². The number of nitrogens with one attached hydrogen (secondary N) is 1. The number of carbonyl (C=O) groups is 2. The van der Waals surface area contributed by atoms with Gasteiger partial charge in [-0.15, -0.1) is 10.2 Å². The summed E-state index contributed by atoms with van der Waals surface area (Å²) in [6.45, 7) is 2.43. The number of aromatic nitrogens is 2. The van der Waals surface area contributed by atoms with Gasteiger partial charge in [0.25, 0.3) is 0 Å². The van der Waals surface area contributed by atoms with Crippen LogP contribution in [0.25, 0.3) is 0 Å². The van der Waals surface area contributed by atoms with Gasteiger partial charge in [0.2, 0.25) is 11.0 Å². The van der Waals surface area contributed by atoms with E-state index in [1.54, 1.807) is 17.0 Å². The molecule has 1 unspecified atom stereocenters. The van der Waals surface area contributed by atoms with Gasteiger partial charge < -0.3 is 15.8 Å². The van der Waals surface area contributed by atoms with Crippen LogP contribution in [0.3, 0.4) is 0 Å². The van der Waals surface area contributed by atoms with Crippen molar-refractivity contribution in [3.8, 4) is 11.8 Å². The van der Waals surface area contributed by atoms with Gasteiger partial charge >= 0.3 is 0 Å². The molecular formula is C28H25FN6O3S2. The molecule has 0 fully saturated rings. The largest absolute Gasteiger partial charge is 0.494 e. The highest BCUT2D eigenvalue weighted by atomic mass is 32.2. The number of nitriles is 1. The topological polar surface area (TPSA) is 134 Å². The average Bonchev–Trinajstić information content (AvgIpc) is 3.42. The van der Waals surface area contributed by atoms with Crippen molar-refractivity contribution in [1.29, 1.82) is 5.26 Å². The SMILES string of the molecule is CCOc1ccc(C2C(C#N)=C(N)N(c3nnc(SCC(=O)Nc4ccccc4F)s3)C3=C2C(=O)CCC3)cc1. The first kappa shape index (κ1) is 27.4. The van der Waals surface area contributed by atoms with E-state index in [1.165, 1.54) is 23.5 Å². The smallest absolute Gasteiger partial charge is 0.234 e. The molecule has 1 atom stereocenters. The molecule has 0 radical (unpaired) electrons. The van der Waals surface area contributed by atoms with E-state index in [4.69, 9.17) is 10.5 Å². The minimum absolute atomic E-state index is 0.00994. The standard InChI is InChI=1S/C28H25FN6O3S2/c1-2-38-17-12-10-16(11-13-17)24-18(14-30)26(31)35(21-8-5-9-22(36)25(21)24)27-33-34-28(40-27)39-15-23(37)32-20-7-4-3-6-19(20)29/h3-4,6-7,10-13,24H,2,5,8-9,15,31H2,1H3,(H,32,37). The van der Waals surface area contributed by atoms with Crippen molar-refractivity contribution < 1.29 is 18.7 Å². The van der Waals surface area contributed by atoms with Gasteiger partial charge in [-0.05, 0) is 49.6 Å². The molecule has 9 nitrogen and oxygen atoms in total. The molecule has 204 valence electrons. The van der Waals surface area contributed by atoms with Gasteiger partial charge in [0.1, 0.15) is 17.4 Å². The fraction of sp³-hybridized carbons (Fsp3) is 0.250. The first-order valence-corrected chi connectivity index (χ1v) is 14.4. The monoisotopic (exact) mass is 576 g/mol. The number of ether oxygens (including phenoxy) is 1. The lowest BCUT2D eigenvalue weighted by molar-refractivity contribution is -0.116. The first-order chi connectivity index (χ1) is 19.4. The third-order valence-electron chi connectivity index (χ3n) is 6.50. The first-order valence-electron chi connectivity index (χ1n) is 12.6. The number of allylic oxidation sites excluding steroid dienone is 3. The van der Waals surface area contributed by atoms with Gasteiger partial charge in [0.15, 0.2) is 10.1 Å². The predicted octanol–water partition coefficient (Wildman–Crippen LogP) is 5.11. The Morgan fingerprint density at radius 1 is 1.25 bits per heavy atom. The highest BCUT2D eigenvalue weighted by Gasteiger charge is 2.41. The summed E-state index contributed by atoms with van der Waals surface area (Å²) in [5, 5.41) is 21.6. The van der Waals surface area contributed by atoms with Crippen LogP contribution in [0.5, 0.6) is 5.75 Å². The number of nitrogens with two attached hydrogens (primary N) is 1. The number of para-hydroxylation sites is 1.